The molecule has 0 radical (unpaired) electrons. The molecule has 10 atom stereocenters. The highest BCUT2D eigenvalue weighted by molar-refractivity contribution is 8.14. The van der Waals surface area contributed by atoms with Gasteiger partial charge in [0, 0.05) is 22.3 Å². The fourth-order valence-electron chi connectivity index (χ4n) is 8.37. The van der Waals surface area contributed by atoms with Crippen LogP contribution >= 0.6 is 11.8 Å². The van der Waals surface area contributed by atoms with E-state index in [9.17, 15) is 20.0 Å². The molecule has 0 aromatic heterocycles. The van der Waals surface area contributed by atoms with Crippen LogP contribution in [0.4, 0.5) is 8.78 Å². The number of thioether (sulfide) groups is 1. The molecule has 3 saturated carbocycles. The second-order valence-corrected chi connectivity index (χ2v) is 13.0. The van der Waals surface area contributed by atoms with E-state index < -0.39 is 69.5 Å². The summed E-state index contributed by atoms with van der Waals surface area (Å²) >= 11 is 0.830. The Hall–Kier alpha value is -2.38. The van der Waals surface area contributed by atoms with E-state index in [1.807, 2.05) is 44.2 Å². The highest BCUT2D eigenvalue weighted by Crippen LogP contribution is 2.73. The molecule has 6 rings (SSSR count). The first-order valence-corrected chi connectivity index (χ1v) is 14.3. The summed E-state index contributed by atoms with van der Waals surface area (Å²) in [7, 11) is 0. The van der Waals surface area contributed by atoms with E-state index >= 15 is 8.78 Å². The van der Waals surface area contributed by atoms with Gasteiger partial charge in [-0.1, -0.05) is 54.6 Å². The highest BCUT2D eigenvalue weighted by atomic mass is 32.2. The van der Waals surface area contributed by atoms with E-state index in [1.165, 1.54) is 12.2 Å². The van der Waals surface area contributed by atoms with E-state index in [0.29, 0.717) is 0 Å². The maximum absolute atomic E-state index is 17.5. The van der Waals surface area contributed by atoms with Gasteiger partial charge >= 0.3 is 0 Å². The Morgan fingerprint density at radius 3 is 2.64 bits per heavy atom. The minimum absolute atomic E-state index is 0.0527. The van der Waals surface area contributed by atoms with E-state index in [4.69, 9.17) is 9.47 Å². The summed E-state index contributed by atoms with van der Waals surface area (Å²) in [4.78, 5) is 26.0. The number of carbonyl (C=O) groups excluding carboxylic acids is 2. The number of nitriles is 1. The molecule has 206 valence electrons. The number of carbonyl (C=O) groups is 2. The molecule has 4 aliphatic carbocycles. The SMILES string of the molecule is Cc1ccc(C2O[C@@H]3C[C@H]4[C@@H]5C[C@H](F)C6=CC(=O)C=C[C@]6(C)[C@@]5(F)[C@@H](O)C[C@]4(C)[C@]3(C(=O)SCC#N)O2)cc1. The molecule has 1 aromatic carbocycles. The second kappa shape index (κ2) is 8.81. The largest absolute Gasteiger partial charge is 0.390 e. The Morgan fingerprint density at radius 2 is 1.95 bits per heavy atom. The van der Waals surface area contributed by atoms with Crippen molar-refractivity contribution in [1.82, 2.24) is 0 Å². The number of rotatable bonds is 3. The van der Waals surface area contributed by atoms with E-state index in [0.717, 1.165) is 29.0 Å². The third-order valence-electron chi connectivity index (χ3n) is 10.3. The first-order valence-electron chi connectivity index (χ1n) is 13.3. The number of nitrogens with zero attached hydrogens (tertiary/aromatic N) is 1. The quantitative estimate of drug-likeness (QED) is 0.569. The summed E-state index contributed by atoms with van der Waals surface area (Å²) in [6.45, 7) is 5.32. The lowest BCUT2D eigenvalue weighted by atomic mass is 9.44. The zero-order valence-electron chi connectivity index (χ0n) is 22.0. The van der Waals surface area contributed by atoms with Crippen LogP contribution in [0.1, 0.15) is 50.5 Å². The monoisotopic (exact) mass is 555 g/mol. The van der Waals surface area contributed by atoms with Crippen molar-refractivity contribution in [3.8, 4) is 6.07 Å². The third-order valence-corrected chi connectivity index (χ3v) is 11.1. The molecule has 0 spiro atoms. The number of aryl methyl sites for hydroxylation is 1. The molecule has 0 amide bonds. The Morgan fingerprint density at radius 1 is 1.23 bits per heavy atom. The van der Waals surface area contributed by atoms with Crippen molar-refractivity contribution in [1.29, 1.82) is 5.26 Å². The van der Waals surface area contributed by atoms with Crippen LogP contribution in [0.2, 0.25) is 0 Å². The lowest BCUT2D eigenvalue weighted by molar-refractivity contribution is -0.232. The van der Waals surface area contributed by atoms with Crippen LogP contribution in [-0.2, 0) is 19.1 Å². The van der Waals surface area contributed by atoms with E-state index in [1.54, 1.807) is 6.92 Å². The van der Waals surface area contributed by atoms with Crippen LogP contribution < -0.4 is 0 Å². The molecule has 9 heteroatoms. The van der Waals surface area contributed by atoms with Gasteiger partial charge < -0.3 is 14.6 Å². The maximum atomic E-state index is 17.5. The van der Waals surface area contributed by atoms with Crippen LogP contribution in [0.5, 0.6) is 0 Å². The molecule has 1 heterocycles. The minimum atomic E-state index is -2.26. The lowest BCUT2D eigenvalue weighted by Gasteiger charge is -2.63. The van der Waals surface area contributed by atoms with Crippen LogP contribution in [0, 0.1) is 40.9 Å². The van der Waals surface area contributed by atoms with Gasteiger partial charge in [0.1, 0.15) is 6.17 Å². The van der Waals surface area contributed by atoms with Crippen molar-refractivity contribution in [2.24, 2.45) is 22.7 Å². The molecule has 1 saturated heterocycles. The van der Waals surface area contributed by atoms with E-state index in [2.05, 4.69) is 0 Å². The Bertz CT molecular complexity index is 1340. The van der Waals surface area contributed by atoms with Crippen LogP contribution in [0.15, 0.2) is 48.1 Å². The van der Waals surface area contributed by atoms with Crippen LogP contribution in [0.3, 0.4) is 0 Å². The predicted octanol–water partition coefficient (Wildman–Crippen LogP) is 4.86. The second-order valence-electron chi connectivity index (χ2n) is 12.1. The number of ketones is 1. The van der Waals surface area contributed by atoms with Gasteiger partial charge in [0.15, 0.2) is 23.3 Å². The summed E-state index contributed by atoms with van der Waals surface area (Å²) in [5, 5.41) is 20.4. The van der Waals surface area contributed by atoms with Gasteiger partial charge in [0.25, 0.3) is 0 Å². The summed E-state index contributed by atoms with van der Waals surface area (Å²) in [6, 6.07) is 9.54. The number of halogens is 2. The van der Waals surface area contributed by atoms with Crippen LogP contribution in [-0.4, -0.2) is 51.4 Å². The summed E-state index contributed by atoms with van der Waals surface area (Å²) in [6.07, 6.45) is -1.05. The molecule has 1 aliphatic heterocycles. The zero-order chi connectivity index (χ0) is 28.0. The molecule has 4 fully saturated rings. The average molecular weight is 556 g/mol. The number of alkyl halides is 2. The summed E-state index contributed by atoms with van der Waals surface area (Å²) in [5.74, 6) is -2.00. The van der Waals surface area contributed by atoms with Gasteiger partial charge in [-0.25, -0.2) is 8.78 Å². The first-order chi connectivity index (χ1) is 18.4. The fraction of sp³-hybridized carbons (Fsp3) is 0.567. The van der Waals surface area contributed by atoms with Crippen molar-refractivity contribution < 1.29 is 33.0 Å². The number of aliphatic hydroxyl groups excluding tert-OH is 1. The Labute approximate surface area is 230 Å². The van der Waals surface area contributed by atoms with Gasteiger partial charge in [-0.2, -0.15) is 5.26 Å². The summed E-state index contributed by atoms with van der Waals surface area (Å²) in [5.41, 5.74) is -4.60. The van der Waals surface area contributed by atoms with Crippen molar-refractivity contribution in [3.05, 3.63) is 59.2 Å². The van der Waals surface area contributed by atoms with Crippen LogP contribution in [0.25, 0.3) is 0 Å². The molecule has 6 nitrogen and oxygen atoms in total. The van der Waals surface area contributed by atoms with Gasteiger partial charge in [-0.3, -0.25) is 9.59 Å². The molecule has 1 N–H and O–H groups in total. The van der Waals surface area contributed by atoms with Gasteiger partial charge in [0.05, 0.1) is 24.0 Å². The highest BCUT2D eigenvalue weighted by Gasteiger charge is 2.80. The molecular weight excluding hydrogens is 524 g/mol. The molecular formula is C30H31F2NO5S. The first kappa shape index (κ1) is 26.8. The smallest absolute Gasteiger partial charge is 0.225 e. The fourth-order valence-corrected chi connectivity index (χ4v) is 9.20. The number of ether oxygens (including phenoxy) is 2. The Kier molecular flexibility index (Phi) is 6.06. The molecule has 5 aliphatic rings. The average Bonchev–Trinajstić information content (AvgIpc) is 3.39. The third kappa shape index (κ3) is 3.35. The minimum Gasteiger partial charge on any atom is -0.390 e. The van der Waals surface area contributed by atoms with Crippen molar-refractivity contribution in [2.45, 2.75) is 76.0 Å². The lowest BCUT2D eigenvalue weighted by Crippen LogP contribution is -2.70. The molecule has 1 aromatic rings. The standard InChI is InChI=1S/C30H31F2NO5S/c1-16-4-6-17(7-5-16)25-37-24-14-19-20-13-22(31)21-12-18(34)8-9-27(21,2)29(20,32)23(35)15-28(19,3)30(24,38-25)26(36)39-11-10-33/h4-9,12,19-20,22-25,35H,11,13-15H2,1-3H3/t19-,20-,22-,23-,24+,25?,27-,28-,29-,30-/m0/s1. The topological polar surface area (TPSA) is 96.6 Å². The molecule has 39 heavy (non-hydrogen) atoms. The zero-order valence-corrected chi connectivity index (χ0v) is 22.8. The normalized spacial score (nSPS) is 46.0. The number of hydrogen-bond acceptors (Lipinski definition) is 7. The van der Waals surface area contributed by atoms with Gasteiger partial charge in [-0.15, -0.1) is 0 Å². The van der Waals surface area contributed by atoms with E-state index in [-0.39, 0.29) is 30.6 Å². The molecule has 0 bridgehead atoms. The number of fused-ring (bicyclic) bond motifs is 7. The number of allylic oxidation sites excluding steroid dienone is 4. The van der Waals surface area contributed by atoms with Gasteiger partial charge in [-0.05, 0) is 56.8 Å². The van der Waals surface area contributed by atoms with Crippen molar-refractivity contribution >= 4 is 22.7 Å². The summed E-state index contributed by atoms with van der Waals surface area (Å²) < 4.78 is 46.2. The molecule has 1 unspecified atom stereocenters. The number of hydrogen-bond donors (Lipinski definition) is 1. The number of aliphatic hydroxyl groups is 1. The van der Waals surface area contributed by atoms with Crippen molar-refractivity contribution in [2.75, 3.05) is 5.75 Å². The number of benzene rings is 1. The van der Waals surface area contributed by atoms with Gasteiger partial charge in [0.2, 0.25) is 5.12 Å². The Balaban J connectivity index is 1.44. The maximum Gasteiger partial charge on any atom is 0.225 e. The predicted molar refractivity (Wildman–Crippen MR) is 140 cm³/mol. The van der Waals surface area contributed by atoms with Crippen molar-refractivity contribution in [3.63, 3.8) is 0 Å².